The number of nitrogens with one attached hydrogen (secondary N) is 2. The number of hydrogen-bond donors (Lipinski definition) is 2. The third-order valence-electron chi connectivity index (χ3n) is 5.52. The first kappa shape index (κ1) is 21.2. The van der Waals surface area contributed by atoms with Crippen LogP contribution in [0.4, 0.5) is 5.82 Å². The highest BCUT2D eigenvalue weighted by Crippen LogP contribution is 2.21. The highest BCUT2D eigenvalue weighted by molar-refractivity contribution is 5.80. The topological polar surface area (TPSA) is 52.6 Å². The Kier molecular flexibility index (Phi) is 7.13. The van der Waals surface area contributed by atoms with Crippen molar-refractivity contribution < 1.29 is 0 Å². The van der Waals surface area contributed by atoms with Gasteiger partial charge in [0.15, 0.2) is 5.96 Å². The van der Waals surface area contributed by atoms with Crippen LogP contribution < -0.4 is 15.5 Å². The van der Waals surface area contributed by atoms with E-state index in [1.807, 2.05) is 20.0 Å². The molecule has 156 valence electrons. The second-order valence-electron chi connectivity index (χ2n) is 8.80. The molecule has 1 aliphatic rings. The normalized spacial score (nSPS) is 16.0. The van der Waals surface area contributed by atoms with Gasteiger partial charge < -0.3 is 15.5 Å². The monoisotopic (exact) mass is 393 g/mol. The Morgan fingerprint density at radius 1 is 1.10 bits per heavy atom. The second kappa shape index (κ2) is 9.77. The lowest BCUT2D eigenvalue weighted by atomic mass is 9.86. The average molecular weight is 394 g/mol. The summed E-state index contributed by atoms with van der Waals surface area (Å²) >= 11 is 0. The number of aryl methyl sites for hydroxylation is 1. The highest BCUT2D eigenvalue weighted by Gasteiger charge is 2.23. The third kappa shape index (κ3) is 6.48. The zero-order valence-electron chi connectivity index (χ0n) is 18.3. The quantitative estimate of drug-likeness (QED) is 0.579. The van der Waals surface area contributed by atoms with E-state index in [1.165, 1.54) is 5.56 Å². The molecule has 0 unspecified atom stereocenters. The fourth-order valence-electron chi connectivity index (χ4n) is 3.88. The summed E-state index contributed by atoms with van der Waals surface area (Å²) in [4.78, 5) is 11.5. The van der Waals surface area contributed by atoms with E-state index >= 15 is 0 Å². The average Bonchev–Trinajstić information content (AvgIpc) is 2.72. The van der Waals surface area contributed by atoms with E-state index in [0.29, 0.717) is 6.04 Å². The molecule has 1 aliphatic heterocycles. The molecule has 0 amide bonds. The molecule has 0 atom stereocenters. The minimum Gasteiger partial charge on any atom is -0.356 e. The van der Waals surface area contributed by atoms with E-state index in [9.17, 15) is 0 Å². The molecular formula is C24H35N5. The van der Waals surface area contributed by atoms with Gasteiger partial charge in [-0.3, -0.25) is 4.99 Å². The molecule has 1 aromatic heterocycles. The second-order valence-corrected chi connectivity index (χ2v) is 8.80. The largest absolute Gasteiger partial charge is 0.356 e. The van der Waals surface area contributed by atoms with E-state index in [0.717, 1.165) is 56.4 Å². The number of piperidine rings is 1. The standard InChI is InChI=1S/C24H35N5/c1-19-9-8-12-22(27-19)29-15-13-21(14-16-29)28-23(25-4)26-18-24(2,3)17-20-10-6-5-7-11-20/h5-12,21H,13-18H2,1-4H3,(H2,25,26,28). The first-order valence-electron chi connectivity index (χ1n) is 10.6. The molecule has 29 heavy (non-hydrogen) atoms. The van der Waals surface area contributed by atoms with Gasteiger partial charge in [0, 0.05) is 38.4 Å². The number of guanidine groups is 1. The molecule has 2 heterocycles. The molecule has 3 rings (SSSR count). The number of pyridine rings is 1. The van der Waals surface area contributed by atoms with Crippen LogP contribution >= 0.6 is 0 Å². The molecule has 2 N–H and O–H groups in total. The number of benzene rings is 1. The molecule has 1 aromatic carbocycles. The van der Waals surface area contributed by atoms with Crippen LogP contribution in [0.3, 0.4) is 0 Å². The van der Waals surface area contributed by atoms with E-state index in [1.54, 1.807) is 0 Å². The molecule has 0 spiro atoms. The van der Waals surface area contributed by atoms with E-state index in [4.69, 9.17) is 0 Å². The van der Waals surface area contributed by atoms with Crippen molar-refractivity contribution in [1.82, 2.24) is 15.6 Å². The molecule has 2 aromatic rings. The van der Waals surface area contributed by atoms with Crippen LogP contribution in [-0.2, 0) is 6.42 Å². The van der Waals surface area contributed by atoms with Gasteiger partial charge in [0.1, 0.15) is 5.82 Å². The third-order valence-corrected chi connectivity index (χ3v) is 5.52. The van der Waals surface area contributed by atoms with Crippen molar-refractivity contribution in [2.75, 3.05) is 31.6 Å². The smallest absolute Gasteiger partial charge is 0.191 e. The van der Waals surface area contributed by atoms with Gasteiger partial charge in [0.25, 0.3) is 0 Å². The van der Waals surface area contributed by atoms with Gasteiger partial charge in [0.2, 0.25) is 0 Å². The summed E-state index contributed by atoms with van der Waals surface area (Å²) in [6, 6.07) is 17.4. The lowest BCUT2D eigenvalue weighted by molar-refractivity contribution is 0.356. The number of rotatable bonds is 6. The predicted octanol–water partition coefficient (Wildman–Crippen LogP) is 3.79. The number of aromatic nitrogens is 1. The van der Waals surface area contributed by atoms with E-state index in [2.05, 4.69) is 81.8 Å². The first-order chi connectivity index (χ1) is 13.9. The summed E-state index contributed by atoms with van der Waals surface area (Å²) < 4.78 is 0. The molecule has 0 saturated carbocycles. The number of anilines is 1. The minimum atomic E-state index is 0.152. The van der Waals surface area contributed by atoms with Gasteiger partial charge in [-0.25, -0.2) is 4.98 Å². The molecule has 5 heteroatoms. The Balaban J connectivity index is 1.46. The lowest BCUT2D eigenvalue weighted by Crippen LogP contribution is -2.50. The molecule has 0 aliphatic carbocycles. The summed E-state index contributed by atoms with van der Waals surface area (Å²) in [5.74, 6) is 1.99. The fraction of sp³-hybridized carbons (Fsp3) is 0.500. The number of aliphatic imine (C=N–C) groups is 1. The molecule has 5 nitrogen and oxygen atoms in total. The fourth-order valence-corrected chi connectivity index (χ4v) is 3.88. The zero-order chi connectivity index (χ0) is 20.7. The molecule has 1 fully saturated rings. The number of nitrogens with zero attached hydrogens (tertiary/aromatic N) is 3. The lowest BCUT2D eigenvalue weighted by Gasteiger charge is -2.34. The van der Waals surface area contributed by atoms with Crippen molar-refractivity contribution in [2.45, 2.75) is 46.1 Å². The maximum Gasteiger partial charge on any atom is 0.191 e. The highest BCUT2D eigenvalue weighted by atomic mass is 15.2. The van der Waals surface area contributed by atoms with Gasteiger partial charge in [-0.05, 0) is 49.3 Å². The van der Waals surface area contributed by atoms with Crippen molar-refractivity contribution in [3.8, 4) is 0 Å². The van der Waals surface area contributed by atoms with Crippen molar-refractivity contribution >= 4 is 11.8 Å². The van der Waals surface area contributed by atoms with Gasteiger partial charge in [-0.2, -0.15) is 0 Å². The summed E-state index contributed by atoms with van der Waals surface area (Å²) in [5.41, 5.74) is 2.60. The van der Waals surface area contributed by atoms with Gasteiger partial charge in [-0.1, -0.05) is 50.2 Å². The summed E-state index contributed by atoms with van der Waals surface area (Å²) in [5, 5.41) is 7.16. The van der Waals surface area contributed by atoms with Crippen molar-refractivity contribution in [3.63, 3.8) is 0 Å². The molecule has 0 radical (unpaired) electrons. The van der Waals surface area contributed by atoms with Crippen molar-refractivity contribution in [1.29, 1.82) is 0 Å². The predicted molar refractivity (Wildman–Crippen MR) is 123 cm³/mol. The number of hydrogen-bond acceptors (Lipinski definition) is 3. The van der Waals surface area contributed by atoms with Gasteiger partial charge >= 0.3 is 0 Å². The molecular weight excluding hydrogens is 358 g/mol. The van der Waals surface area contributed by atoms with Crippen molar-refractivity contribution in [3.05, 3.63) is 59.8 Å². The van der Waals surface area contributed by atoms with Crippen LogP contribution in [0.1, 0.15) is 37.9 Å². The van der Waals surface area contributed by atoms with Crippen LogP contribution in [-0.4, -0.2) is 43.7 Å². The van der Waals surface area contributed by atoms with Gasteiger partial charge in [-0.15, -0.1) is 0 Å². The van der Waals surface area contributed by atoms with Gasteiger partial charge in [0.05, 0.1) is 0 Å². The van der Waals surface area contributed by atoms with Crippen LogP contribution in [0, 0.1) is 12.3 Å². The molecule has 1 saturated heterocycles. The summed E-state index contributed by atoms with van der Waals surface area (Å²) in [7, 11) is 1.85. The Morgan fingerprint density at radius 2 is 1.83 bits per heavy atom. The van der Waals surface area contributed by atoms with Crippen LogP contribution in [0.2, 0.25) is 0 Å². The maximum atomic E-state index is 4.66. The Hall–Kier alpha value is -2.56. The SMILES string of the molecule is CN=C(NCC(C)(C)Cc1ccccc1)NC1CCN(c2cccc(C)n2)CC1. The van der Waals surface area contributed by atoms with Crippen LogP contribution in [0.25, 0.3) is 0 Å². The van der Waals surface area contributed by atoms with Crippen LogP contribution in [0.15, 0.2) is 53.5 Å². The first-order valence-corrected chi connectivity index (χ1v) is 10.6. The Bertz CT molecular complexity index is 792. The van der Waals surface area contributed by atoms with E-state index < -0.39 is 0 Å². The Labute approximate surface area is 175 Å². The van der Waals surface area contributed by atoms with E-state index in [-0.39, 0.29) is 5.41 Å². The minimum absolute atomic E-state index is 0.152. The Morgan fingerprint density at radius 3 is 2.48 bits per heavy atom. The summed E-state index contributed by atoms with van der Waals surface area (Å²) in [6.07, 6.45) is 3.22. The molecule has 0 bridgehead atoms. The van der Waals surface area contributed by atoms with Crippen LogP contribution in [0.5, 0.6) is 0 Å². The zero-order valence-corrected chi connectivity index (χ0v) is 18.3. The maximum absolute atomic E-state index is 4.66. The van der Waals surface area contributed by atoms with Crippen molar-refractivity contribution in [2.24, 2.45) is 10.4 Å². The summed E-state index contributed by atoms with van der Waals surface area (Å²) in [6.45, 7) is 9.57.